The molecule has 1 aromatic rings. The first-order valence-corrected chi connectivity index (χ1v) is 8.61. The van der Waals surface area contributed by atoms with Crippen molar-refractivity contribution >= 4 is 5.91 Å². The third kappa shape index (κ3) is 3.51. The zero-order valence-electron chi connectivity index (χ0n) is 15.7. The molecule has 2 N–H and O–H groups in total. The lowest BCUT2D eigenvalue weighted by atomic mass is 9.86. The van der Waals surface area contributed by atoms with Crippen molar-refractivity contribution in [2.45, 2.75) is 52.6 Å². The first-order valence-electron chi connectivity index (χ1n) is 8.61. The number of fused-ring (bicyclic) bond motifs is 1. The molecule has 24 heavy (non-hydrogen) atoms. The molecule has 134 valence electrons. The molecule has 1 atom stereocenters. The van der Waals surface area contributed by atoms with Crippen molar-refractivity contribution in [1.82, 2.24) is 10.2 Å². The highest BCUT2D eigenvalue weighted by Crippen LogP contribution is 2.43. The van der Waals surface area contributed by atoms with Gasteiger partial charge < -0.3 is 20.1 Å². The molecule has 0 radical (unpaired) electrons. The Labute approximate surface area is 145 Å². The second-order valence-corrected chi connectivity index (χ2v) is 7.28. The highest BCUT2D eigenvalue weighted by atomic mass is 16.5. The van der Waals surface area contributed by atoms with Crippen LogP contribution in [0.15, 0.2) is 0 Å². The summed E-state index contributed by atoms with van der Waals surface area (Å²) in [4.78, 5) is 14.7. The van der Waals surface area contributed by atoms with Gasteiger partial charge in [-0.05, 0) is 77.9 Å². The first kappa shape index (κ1) is 18.6. The lowest BCUT2D eigenvalue weighted by Gasteiger charge is -2.36. The molecule has 0 unspecified atom stereocenters. The van der Waals surface area contributed by atoms with Crippen molar-refractivity contribution < 1.29 is 14.6 Å². The first-order chi connectivity index (χ1) is 11.2. The summed E-state index contributed by atoms with van der Waals surface area (Å²) >= 11 is 0. The molecule has 1 aliphatic heterocycles. The maximum absolute atomic E-state index is 12.6. The average molecular weight is 334 g/mol. The van der Waals surface area contributed by atoms with Gasteiger partial charge in [0, 0.05) is 18.5 Å². The Morgan fingerprint density at radius 1 is 1.25 bits per heavy atom. The Bertz CT molecular complexity index is 640. The third-order valence-electron chi connectivity index (χ3n) is 5.07. The summed E-state index contributed by atoms with van der Waals surface area (Å²) in [5, 5.41) is 13.2. The van der Waals surface area contributed by atoms with E-state index in [0.29, 0.717) is 18.7 Å². The average Bonchev–Trinajstić information content (AvgIpc) is 2.54. The molecule has 0 saturated carbocycles. The van der Waals surface area contributed by atoms with Gasteiger partial charge in [0.25, 0.3) is 5.91 Å². The molecule has 1 heterocycles. The number of nitrogens with one attached hydrogen (secondary N) is 1. The SMILES string of the molecule is Cc1c(C)c2c(c(C)c1O)CC[C@@](C)(C(=O)NCCCN(C)C)O2. The topological polar surface area (TPSA) is 61.8 Å². The number of hydrogen-bond donors (Lipinski definition) is 2. The molecule has 0 fully saturated rings. The van der Waals surface area contributed by atoms with Crippen LogP contribution in [0.3, 0.4) is 0 Å². The van der Waals surface area contributed by atoms with Crippen molar-refractivity contribution in [1.29, 1.82) is 0 Å². The van der Waals surface area contributed by atoms with Crippen molar-refractivity contribution in [2.75, 3.05) is 27.2 Å². The molecule has 0 aliphatic carbocycles. The summed E-state index contributed by atoms with van der Waals surface area (Å²) in [6.45, 7) is 9.18. The zero-order valence-corrected chi connectivity index (χ0v) is 15.7. The molecule has 0 saturated heterocycles. The number of phenolic OH excluding ortho intramolecular Hbond substituents is 1. The third-order valence-corrected chi connectivity index (χ3v) is 5.07. The van der Waals surface area contributed by atoms with Crippen LogP contribution in [0.2, 0.25) is 0 Å². The molecular weight excluding hydrogens is 304 g/mol. The zero-order chi connectivity index (χ0) is 18.1. The molecule has 2 rings (SSSR count). The van der Waals surface area contributed by atoms with Gasteiger partial charge in [0.2, 0.25) is 0 Å². The van der Waals surface area contributed by atoms with E-state index < -0.39 is 5.60 Å². The number of ether oxygens (including phenoxy) is 1. The normalized spacial score (nSPS) is 19.8. The van der Waals surface area contributed by atoms with Gasteiger partial charge in [-0.1, -0.05) is 0 Å². The van der Waals surface area contributed by atoms with Crippen molar-refractivity contribution in [2.24, 2.45) is 0 Å². The molecule has 1 aromatic carbocycles. The fraction of sp³-hybridized carbons (Fsp3) is 0.632. The van der Waals surface area contributed by atoms with Gasteiger partial charge in [-0.15, -0.1) is 0 Å². The monoisotopic (exact) mass is 334 g/mol. The Morgan fingerprint density at radius 3 is 2.54 bits per heavy atom. The van der Waals surface area contributed by atoms with Crippen LogP contribution in [0, 0.1) is 20.8 Å². The van der Waals surface area contributed by atoms with Crippen LogP contribution < -0.4 is 10.1 Å². The van der Waals surface area contributed by atoms with Crippen LogP contribution in [-0.2, 0) is 11.2 Å². The molecular formula is C19H30N2O3. The largest absolute Gasteiger partial charge is 0.507 e. The van der Waals surface area contributed by atoms with Crippen LogP contribution in [0.25, 0.3) is 0 Å². The van der Waals surface area contributed by atoms with E-state index in [-0.39, 0.29) is 5.91 Å². The number of aromatic hydroxyl groups is 1. The van der Waals surface area contributed by atoms with E-state index in [9.17, 15) is 9.90 Å². The van der Waals surface area contributed by atoms with Crippen LogP contribution in [0.1, 0.15) is 42.0 Å². The van der Waals surface area contributed by atoms with E-state index in [4.69, 9.17) is 4.74 Å². The van der Waals surface area contributed by atoms with Crippen molar-refractivity contribution in [3.05, 3.63) is 22.3 Å². The van der Waals surface area contributed by atoms with Gasteiger partial charge in [0.1, 0.15) is 11.5 Å². The number of rotatable bonds is 5. The highest BCUT2D eigenvalue weighted by molar-refractivity contribution is 5.85. The van der Waals surface area contributed by atoms with Gasteiger partial charge in [-0.2, -0.15) is 0 Å². The quantitative estimate of drug-likeness (QED) is 0.812. The second-order valence-electron chi connectivity index (χ2n) is 7.28. The summed E-state index contributed by atoms with van der Waals surface area (Å²) in [6.07, 6.45) is 2.26. The van der Waals surface area contributed by atoms with Crippen LogP contribution in [-0.4, -0.2) is 48.7 Å². The van der Waals surface area contributed by atoms with E-state index in [2.05, 4.69) is 10.2 Å². The number of phenols is 1. The standard InChI is InChI=1S/C19H30N2O3/c1-12-13(2)17-15(14(3)16(12)22)8-9-19(4,24-17)18(23)20-10-7-11-21(5)6/h22H,7-11H2,1-6H3,(H,20,23)/t19-/m0/s1. The summed E-state index contributed by atoms with van der Waals surface area (Å²) in [6, 6.07) is 0. The number of benzene rings is 1. The van der Waals surface area contributed by atoms with Gasteiger partial charge in [-0.3, -0.25) is 4.79 Å². The van der Waals surface area contributed by atoms with Gasteiger partial charge >= 0.3 is 0 Å². The summed E-state index contributed by atoms with van der Waals surface area (Å²) in [5.41, 5.74) is 2.77. The molecule has 1 aliphatic rings. The fourth-order valence-electron chi connectivity index (χ4n) is 3.19. The van der Waals surface area contributed by atoms with E-state index in [1.54, 1.807) is 0 Å². The van der Waals surface area contributed by atoms with Crippen molar-refractivity contribution in [3.8, 4) is 11.5 Å². The molecule has 1 amide bonds. The van der Waals surface area contributed by atoms with E-state index in [0.717, 1.165) is 47.4 Å². The lowest BCUT2D eigenvalue weighted by Crippen LogP contribution is -2.51. The lowest BCUT2D eigenvalue weighted by molar-refractivity contribution is -0.136. The molecule has 0 aromatic heterocycles. The minimum atomic E-state index is -0.855. The minimum absolute atomic E-state index is 0.0605. The van der Waals surface area contributed by atoms with E-state index in [1.165, 1.54) is 0 Å². The van der Waals surface area contributed by atoms with Gasteiger partial charge in [0.15, 0.2) is 5.60 Å². The maximum Gasteiger partial charge on any atom is 0.263 e. The fourth-order valence-corrected chi connectivity index (χ4v) is 3.19. The molecule has 5 heteroatoms. The van der Waals surface area contributed by atoms with Crippen molar-refractivity contribution in [3.63, 3.8) is 0 Å². The smallest absolute Gasteiger partial charge is 0.263 e. The molecule has 5 nitrogen and oxygen atoms in total. The van der Waals surface area contributed by atoms with Crippen LogP contribution >= 0.6 is 0 Å². The maximum atomic E-state index is 12.6. The van der Waals surface area contributed by atoms with Gasteiger partial charge in [0.05, 0.1) is 0 Å². The second kappa shape index (κ2) is 7.01. The Balaban J connectivity index is 2.14. The predicted molar refractivity (Wildman–Crippen MR) is 95.9 cm³/mol. The number of carbonyl (C=O) groups excluding carboxylic acids is 1. The Hall–Kier alpha value is -1.75. The van der Waals surface area contributed by atoms with Crippen LogP contribution in [0.5, 0.6) is 11.5 Å². The summed E-state index contributed by atoms with van der Waals surface area (Å²) in [7, 11) is 4.04. The number of nitrogens with zero attached hydrogens (tertiary/aromatic N) is 1. The van der Waals surface area contributed by atoms with Gasteiger partial charge in [-0.25, -0.2) is 0 Å². The highest BCUT2D eigenvalue weighted by Gasteiger charge is 2.40. The Kier molecular flexibility index (Phi) is 5.43. The summed E-state index contributed by atoms with van der Waals surface area (Å²) < 4.78 is 6.17. The molecule has 0 spiro atoms. The Morgan fingerprint density at radius 2 is 1.92 bits per heavy atom. The number of hydrogen-bond acceptors (Lipinski definition) is 4. The predicted octanol–water partition coefficient (Wildman–Crippen LogP) is 2.47. The minimum Gasteiger partial charge on any atom is -0.507 e. The van der Waals surface area contributed by atoms with E-state index >= 15 is 0 Å². The number of amides is 1. The van der Waals surface area contributed by atoms with E-state index in [1.807, 2.05) is 41.8 Å². The number of carbonyl (C=O) groups is 1. The summed E-state index contributed by atoms with van der Waals surface area (Å²) in [5.74, 6) is 1.04. The molecule has 0 bridgehead atoms. The van der Waals surface area contributed by atoms with Crippen LogP contribution in [0.4, 0.5) is 0 Å².